The average molecular weight is 333 g/mol. The van der Waals surface area contributed by atoms with Gasteiger partial charge in [-0.25, -0.2) is 4.79 Å². The van der Waals surface area contributed by atoms with E-state index in [-0.39, 0.29) is 5.97 Å². The van der Waals surface area contributed by atoms with Crippen molar-refractivity contribution in [3.8, 4) is 16.9 Å². The predicted molar refractivity (Wildman–Crippen MR) is 96.7 cm³/mol. The highest BCUT2D eigenvalue weighted by atomic mass is 16.5. The normalized spacial score (nSPS) is 10.3. The summed E-state index contributed by atoms with van der Waals surface area (Å²) < 4.78 is 10.6. The van der Waals surface area contributed by atoms with Crippen molar-refractivity contribution >= 4 is 5.97 Å². The van der Waals surface area contributed by atoms with Crippen LogP contribution in [0.3, 0.4) is 0 Å². The van der Waals surface area contributed by atoms with Crippen molar-refractivity contribution in [2.75, 3.05) is 13.7 Å². The van der Waals surface area contributed by atoms with Gasteiger partial charge in [0, 0.05) is 18.8 Å². The van der Waals surface area contributed by atoms with Gasteiger partial charge in [0.25, 0.3) is 0 Å². The summed E-state index contributed by atoms with van der Waals surface area (Å²) in [6.45, 7) is 0.314. The van der Waals surface area contributed by atoms with Crippen LogP contribution in [0.2, 0.25) is 0 Å². The van der Waals surface area contributed by atoms with E-state index in [2.05, 4.69) is 4.98 Å². The predicted octanol–water partition coefficient (Wildman–Crippen LogP) is 4.16. The zero-order valence-corrected chi connectivity index (χ0v) is 14.0. The Hall–Kier alpha value is -3.14. The molecule has 0 radical (unpaired) electrons. The van der Waals surface area contributed by atoms with Crippen molar-refractivity contribution in [1.82, 2.24) is 4.98 Å². The monoisotopic (exact) mass is 333 g/mol. The molecular weight excluding hydrogens is 314 g/mol. The fourth-order valence-electron chi connectivity index (χ4n) is 2.56. The van der Waals surface area contributed by atoms with E-state index in [4.69, 9.17) is 9.47 Å². The van der Waals surface area contributed by atoms with Crippen LogP contribution in [0.25, 0.3) is 11.1 Å². The molecule has 0 aliphatic rings. The number of hydrogen-bond acceptors (Lipinski definition) is 4. The van der Waals surface area contributed by atoms with Crippen LogP contribution in [0.4, 0.5) is 0 Å². The Morgan fingerprint density at radius 1 is 1.00 bits per heavy atom. The van der Waals surface area contributed by atoms with Gasteiger partial charge in [0.1, 0.15) is 5.75 Å². The lowest BCUT2D eigenvalue weighted by molar-refractivity contribution is 0.0509. The highest BCUT2D eigenvalue weighted by Gasteiger charge is 2.14. The maximum Gasteiger partial charge on any atom is 0.340 e. The number of carbonyl (C=O) groups is 1. The quantitative estimate of drug-likeness (QED) is 0.636. The molecular formula is C21H19NO3. The maximum absolute atomic E-state index is 12.4. The Kier molecular flexibility index (Phi) is 5.42. The van der Waals surface area contributed by atoms with Crippen molar-refractivity contribution in [3.63, 3.8) is 0 Å². The average Bonchev–Trinajstić information content (AvgIpc) is 2.69. The zero-order chi connectivity index (χ0) is 17.5. The van der Waals surface area contributed by atoms with E-state index in [1.165, 1.54) is 0 Å². The van der Waals surface area contributed by atoms with E-state index in [1.54, 1.807) is 19.5 Å². The lowest BCUT2D eigenvalue weighted by atomic mass is 10.0. The van der Waals surface area contributed by atoms with Gasteiger partial charge < -0.3 is 9.47 Å². The molecule has 1 aromatic heterocycles. The first-order chi connectivity index (χ1) is 12.3. The van der Waals surface area contributed by atoms with E-state index in [1.807, 2.05) is 60.7 Å². The number of methoxy groups -OCH3 is 1. The zero-order valence-electron chi connectivity index (χ0n) is 14.0. The molecule has 0 spiro atoms. The minimum atomic E-state index is -0.361. The minimum absolute atomic E-state index is 0.314. The van der Waals surface area contributed by atoms with Crippen LogP contribution < -0.4 is 4.74 Å². The number of carbonyl (C=O) groups excluding carboxylic acids is 1. The molecule has 0 fully saturated rings. The number of ether oxygens (including phenoxy) is 2. The third kappa shape index (κ3) is 4.23. The molecule has 0 aliphatic carbocycles. The molecule has 0 aliphatic heterocycles. The molecule has 0 N–H and O–H groups in total. The SMILES string of the molecule is COc1ccc(CCOC(=O)c2cnccc2-c2ccccc2)cc1. The van der Waals surface area contributed by atoms with E-state index >= 15 is 0 Å². The molecule has 0 unspecified atom stereocenters. The topological polar surface area (TPSA) is 48.4 Å². The first-order valence-electron chi connectivity index (χ1n) is 8.07. The lowest BCUT2D eigenvalue weighted by Gasteiger charge is -2.09. The van der Waals surface area contributed by atoms with Crippen molar-refractivity contribution in [2.24, 2.45) is 0 Å². The fourth-order valence-corrected chi connectivity index (χ4v) is 2.56. The van der Waals surface area contributed by atoms with Crippen molar-refractivity contribution < 1.29 is 14.3 Å². The maximum atomic E-state index is 12.4. The number of benzene rings is 2. The molecule has 0 atom stereocenters. The summed E-state index contributed by atoms with van der Waals surface area (Å²) in [7, 11) is 1.63. The summed E-state index contributed by atoms with van der Waals surface area (Å²) in [5.41, 5.74) is 3.35. The molecule has 25 heavy (non-hydrogen) atoms. The summed E-state index contributed by atoms with van der Waals surface area (Å²) in [4.78, 5) is 16.5. The summed E-state index contributed by atoms with van der Waals surface area (Å²) in [5, 5.41) is 0. The van der Waals surface area contributed by atoms with Crippen LogP contribution in [0.5, 0.6) is 5.75 Å². The van der Waals surface area contributed by atoms with Gasteiger partial charge >= 0.3 is 5.97 Å². The van der Waals surface area contributed by atoms with Gasteiger partial charge in [0.2, 0.25) is 0 Å². The Bertz CT molecular complexity index is 829. The number of esters is 1. The number of rotatable bonds is 6. The van der Waals surface area contributed by atoms with E-state index in [0.717, 1.165) is 22.4 Å². The second kappa shape index (κ2) is 8.11. The van der Waals surface area contributed by atoms with Crippen molar-refractivity contribution in [1.29, 1.82) is 0 Å². The second-order valence-electron chi connectivity index (χ2n) is 5.52. The van der Waals surface area contributed by atoms with Gasteiger partial charge in [-0.3, -0.25) is 4.98 Å². The smallest absolute Gasteiger partial charge is 0.340 e. The van der Waals surface area contributed by atoms with E-state index in [9.17, 15) is 4.79 Å². The van der Waals surface area contributed by atoms with Gasteiger partial charge in [-0.05, 0) is 34.9 Å². The molecule has 0 saturated carbocycles. The van der Waals surface area contributed by atoms with Gasteiger partial charge in [0.15, 0.2) is 0 Å². The van der Waals surface area contributed by atoms with Gasteiger partial charge in [-0.15, -0.1) is 0 Å². The number of pyridine rings is 1. The molecule has 4 nitrogen and oxygen atoms in total. The van der Waals surface area contributed by atoms with Crippen LogP contribution >= 0.6 is 0 Å². The van der Waals surface area contributed by atoms with Crippen LogP contribution in [0, 0.1) is 0 Å². The minimum Gasteiger partial charge on any atom is -0.497 e. The molecule has 1 heterocycles. The molecule has 0 bridgehead atoms. The summed E-state index contributed by atoms with van der Waals surface area (Å²) in [6, 6.07) is 19.3. The van der Waals surface area contributed by atoms with Crippen LogP contribution in [0.15, 0.2) is 73.1 Å². The molecule has 2 aromatic carbocycles. The summed E-state index contributed by atoms with van der Waals surface area (Å²) in [5.74, 6) is 0.448. The molecule has 3 aromatic rings. The third-order valence-electron chi connectivity index (χ3n) is 3.91. The summed E-state index contributed by atoms with van der Waals surface area (Å²) in [6.07, 6.45) is 3.88. The second-order valence-corrected chi connectivity index (χ2v) is 5.52. The van der Waals surface area contributed by atoms with Crippen LogP contribution in [-0.2, 0) is 11.2 Å². The summed E-state index contributed by atoms with van der Waals surface area (Å²) >= 11 is 0. The van der Waals surface area contributed by atoms with Crippen molar-refractivity contribution in [3.05, 3.63) is 84.2 Å². The Morgan fingerprint density at radius 2 is 1.76 bits per heavy atom. The van der Waals surface area contributed by atoms with E-state index in [0.29, 0.717) is 18.6 Å². The highest BCUT2D eigenvalue weighted by Crippen LogP contribution is 2.23. The number of nitrogens with zero attached hydrogens (tertiary/aromatic N) is 1. The Morgan fingerprint density at radius 3 is 2.48 bits per heavy atom. The molecule has 0 saturated heterocycles. The van der Waals surface area contributed by atoms with E-state index < -0.39 is 0 Å². The van der Waals surface area contributed by atoms with Crippen LogP contribution in [0.1, 0.15) is 15.9 Å². The fraction of sp³-hybridized carbons (Fsp3) is 0.143. The molecule has 4 heteroatoms. The largest absolute Gasteiger partial charge is 0.497 e. The third-order valence-corrected chi connectivity index (χ3v) is 3.91. The van der Waals surface area contributed by atoms with Crippen LogP contribution in [-0.4, -0.2) is 24.7 Å². The standard InChI is InChI=1S/C21H19NO3/c1-24-18-9-7-16(8-10-18)12-14-25-21(23)20-15-22-13-11-19(20)17-5-3-2-4-6-17/h2-11,13,15H,12,14H2,1H3. The lowest BCUT2D eigenvalue weighted by Crippen LogP contribution is -2.10. The molecule has 0 amide bonds. The molecule has 126 valence electrons. The van der Waals surface area contributed by atoms with Gasteiger partial charge in [-0.2, -0.15) is 0 Å². The first kappa shape index (κ1) is 16.7. The molecule has 3 rings (SSSR count). The number of aromatic nitrogens is 1. The Labute approximate surface area is 147 Å². The van der Waals surface area contributed by atoms with Gasteiger partial charge in [0.05, 0.1) is 19.3 Å². The Balaban J connectivity index is 1.65. The first-order valence-corrected chi connectivity index (χ1v) is 8.07. The number of hydrogen-bond donors (Lipinski definition) is 0. The highest BCUT2D eigenvalue weighted by molar-refractivity contribution is 5.96. The van der Waals surface area contributed by atoms with Gasteiger partial charge in [-0.1, -0.05) is 42.5 Å². The van der Waals surface area contributed by atoms with Crippen molar-refractivity contribution in [2.45, 2.75) is 6.42 Å².